The first-order valence-electron chi connectivity index (χ1n) is 4.87. The predicted octanol–water partition coefficient (Wildman–Crippen LogP) is -1.06. The number of rotatable bonds is 10. The molecule has 0 spiro atoms. The van der Waals surface area contributed by atoms with Gasteiger partial charge in [0.25, 0.3) is 0 Å². The zero-order chi connectivity index (χ0) is 10.6. The van der Waals surface area contributed by atoms with Gasteiger partial charge in [-0.25, -0.2) is 0 Å². The van der Waals surface area contributed by atoms with Crippen LogP contribution in [0, 0.1) is 0 Å². The Balaban J connectivity index is 3.07. The van der Waals surface area contributed by atoms with E-state index in [1.54, 1.807) is 0 Å². The van der Waals surface area contributed by atoms with E-state index < -0.39 is 0 Å². The van der Waals surface area contributed by atoms with Gasteiger partial charge in [0, 0.05) is 13.1 Å². The summed E-state index contributed by atoms with van der Waals surface area (Å²) in [6, 6.07) is 0. The predicted molar refractivity (Wildman–Crippen MR) is 53.3 cm³/mol. The van der Waals surface area contributed by atoms with Gasteiger partial charge in [-0.3, -0.25) is 0 Å². The van der Waals surface area contributed by atoms with Gasteiger partial charge in [-0.1, -0.05) is 0 Å². The molecule has 0 unspecified atom stereocenters. The van der Waals surface area contributed by atoms with Gasteiger partial charge in [0.15, 0.2) is 0 Å². The molecule has 0 heterocycles. The molecule has 14 heavy (non-hydrogen) atoms. The Morgan fingerprint density at radius 3 is 1.64 bits per heavy atom. The van der Waals surface area contributed by atoms with Crippen molar-refractivity contribution in [2.45, 2.75) is 0 Å². The molecule has 86 valence electrons. The normalized spacial score (nSPS) is 11.1. The fraction of sp³-hybridized carbons (Fsp3) is 1.00. The minimum Gasteiger partial charge on any atom is -0.394 e. The lowest BCUT2D eigenvalue weighted by molar-refractivity contribution is 0.0576. The monoisotopic (exact) mass is 207 g/mol. The first-order valence-corrected chi connectivity index (χ1v) is 4.87. The Labute approximate surface area is 85.2 Å². The van der Waals surface area contributed by atoms with Crippen LogP contribution in [0.1, 0.15) is 0 Å². The Kier molecular flexibility index (Phi) is 10.7. The van der Waals surface area contributed by atoms with E-state index in [0.29, 0.717) is 26.4 Å². The van der Waals surface area contributed by atoms with E-state index in [2.05, 4.69) is 4.90 Å². The van der Waals surface area contributed by atoms with Crippen LogP contribution in [-0.4, -0.2) is 74.9 Å². The third-order valence-electron chi connectivity index (χ3n) is 1.71. The van der Waals surface area contributed by atoms with E-state index in [0.717, 1.165) is 13.1 Å². The lowest BCUT2D eigenvalue weighted by Gasteiger charge is -2.16. The SMILES string of the molecule is CN(CCOCCO)CCOCCO. The molecular weight excluding hydrogens is 186 g/mol. The van der Waals surface area contributed by atoms with Crippen LogP contribution in [-0.2, 0) is 9.47 Å². The maximum absolute atomic E-state index is 8.45. The smallest absolute Gasteiger partial charge is 0.0698 e. The average Bonchev–Trinajstić information content (AvgIpc) is 2.19. The molecule has 0 aliphatic carbocycles. The maximum Gasteiger partial charge on any atom is 0.0698 e. The van der Waals surface area contributed by atoms with Crippen LogP contribution in [0.25, 0.3) is 0 Å². The molecule has 0 radical (unpaired) electrons. The summed E-state index contributed by atoms with van der Waals surface area (Å²) in [6.07, 6.45) is 0. The summed E-state index contributed by atoms with van der Waals surface area (Å²) in [7, 11) is 1.98. The molecule has 0 amide bonds. The molecule has 2 N–H and O–H groups in total. The van der Waals surface area contributed by atoms with Crippen molar-refractivity contribution in [3.8, 4) is 0 Å². The minimum atomic E-state index is 0.0727. The van der Waals surface area contributed by atoms with Crippen molar-refractivity contribution in [3.05, 3.63) is 0 Å². The van der Waals surface area contributed by atoms with Gasteiger partial charge >= 0.3 is 0 Å². The van der Waals surface area contributed by atoms with Crippen molar-refractivity contribution < 1.29 is 19.7 Å². The Morgan fingerprint density at radius 1 is 0.857 bits per heavy atom. The van der Waals surface area contributed by atoms with E-state index in [-0.39, 0.29) is 13.2 Å². The summed E-state index contributed by atoms with van der Waals surface area (Å²) in [6.45, 7) is 3.83. The molecule has 0 aliphatic rings. The van der Waals surface area contributed by atoms with E-state index in [9.17, 15) is 0 Å². The molecule has 0 atom stereocenters. The van der Waals surface area contributed by atoms with E-state index in [4.69, 9.17) is 19.7 Å². The molecular formula is C9H21NO4. The summed E-state index contributed by atoms with van der Waals surface area (Å²) < 4.78 is 10.2. The van der Waals surface area contributed by atoms with Crippen molar-refractivity contribution in [2.24, 2.45) is 0 Å². The van der Waals surface area contributed by atoms with Gasteiger partial charge in [-0.15, -0.1) is 0 Å². The fourth-order valence-corrected chi connectivity index (χ4v) is 0.886. The lowest BCUT2D eigenvalue weighted by Crippen LogP contribution is -2.27. The largest absolute Gasteiger partial charge is 0.394 e. The maximum atomic E-state index is 8.45. The number of likely N-dealkylation sites (N-methyl/N-ethyl adjacent to an activating group) is 1. The summed E-state index contributed by atoms with van der Waals surface area (Å²) in [5, 5.41) is 16.9. The Hall–Kier alpha value is -0.200. The van der Waals surface area contributed by atoms with Crippen LogP contribution in [0.3, 0.4) is 0 Å². The third-order valence-corrected chi connectivity index (χ3v) is 1.71. The lowest BCUT2D eigenvalue weighted by atomic mass is 10.5. The molecule has 0 fully saturated rings. The van der Waals surface area contributed by atoms with Gasteiger partial charge in [0.2, 0.25) is 0 Å². The number of nitrogens with zero attached hydrogens (tertiary/aromatic N) is 1. The van der Waals surface area contributed by atoms with Crippen LogP contribution in [0.2, 0.25) is 0 Å². The van der Waals surface area contributed by atoms with Crippen LogP contribution < -0.4 is 0 Å². The van der Waals surface area contributed by atoms with Crippen LogP contribution in [0.15, 0.2) is 0 Å². The van der Waals surface area contributed by atoms with Crippen molar-refractivity contribution in [1.29, 1.82) is 0 Å². The second-order valence-electron chi connectivity index (χ2n) is 2.98. The highest BCUT2D eigenvalue weighted by Crippen LogP contribution is 1.84. The second-order valence-corrected chi connectivity index (χ2v) is 2.98. The highest BCUT2D eigenvalue weighted by Gasteiger charge is 1.97. The third kappa shape index (κ3) is 9.88. The molecule has 0 bridgehead atoms. The van der Waals surface area contributed by atoms with E-state index >= 15 is 0 Å². The van der Waals surface area contributed by atoms with Crippen LogP contribution >= 0.6 is 0 Å². The topological polar surface area (TPSA) is 62.2 Å². The van der Waals surface area contributed by atoms with Gasteiger partial charge in [0.05, 0.1) is 39.6 Å². The molecule has 0 saturated heterocycles. The summed E-state index contributed by atoms with van der Waals surface area (Å²) in [5.41, 5.74) is 0. The number of aliphatic hydroxyl groups is 2. The molecule has 0 aromatic rings. The fourth-order valence-electron chi connectivity index (χ4n) is 0.886. The summed E-state index contributed by atoms with van der Waals surface area (Å²) in [5.74, 6) is 0. The molecule has 5 nitrogen and oxygen atoms in total. The number of ether oxygens (including phenoxy) is 2. The Morgan fingerprint density at radius 2 is 1.29 bits per heavy atom. The zero-order valence-corrected chi connectivity index (χ0v) is 8.81. The standard InChI is InChI=1S/C9H21NO4/c1-10(2-6-13-8-4-11)3-7-14-9-5-12/h11-12H,2-9H2,1H3. The molecule has 0 aliphatic heterocycles. The van der Waals surface area contributed by atoms with Crippen LogP contribution in [0.4, 0.5) is 0 Å². The summed E-state index contributed by atoms with van der Waals surface area (Å²) >= 11 is 0. The number of aliphatic hydroxyl groups excluding tert-OH is 2. The molecule has 0 rings (SSSR count). The molecule has 0 aromatic carbocycles. The molecule has 0 saturated carbocycles. The van der Waals surface area contributed by atoms with Gasteiger partial charge in [0.1, 0.15) is 0 Å². The highest BCUT2D eigenvalue weighted by atomic mass is 16.5. The first kappa shape index (κ1) is 13.8. The van der Waals surface area contributed by atoms with Crippen molar-refractivity contribution in [3.63, 3.8) is 0 Å². The number of hydrogen-bond donors (Lipinski definition) is 2. The zero-order valence-electron chi connectivity index (χ0n) is 8.81. The quantitative estimate of drug-likeness (QED) is 0.447. The van der Waals surface area contributed by atoms with Gasteiger partial charge in [-0.2, -0.15) is 0 Å². The molecule has 0 aromatic heterocycles. The van der Waals surface area contributed by atoms with E-state index in [1.807, 2.05) is 7.05 Å². The Bertz CT molecular complexity index is 101. The van der Waals surface area contributed by atoms with Gasteiger partial charge in [-0.05, 0) is 7.05 Å². The second kappa shape index (κ2) is 10.9. The van der Waals surface area contributed by atoms with Crippen molar-refractivity contribution in [1.82, 2.24) is 4.90 Å². The van der Waals surface area contributed by atoms with Crippen molar-refractivity contribution >= 4 is 0 Å². The van der Waals surface area contributed by atoms with E-state index in [1.165, 1.54) is 0 Å². The first-order chi connectivity index (χ1) is 6.81. The summed E-state index contributed by atoms with van der Waals surface area (Å²) in [4.78, 5) is 2.08. The number of hydrogen-bond acceptors (Lipinski definition) is 5. The average molecular weight is 207 g/mol. The molecule has 5 heteroatoms. The van der Waals surface area contributed by atoms with Gasteiger partial charge < -0.3 is 24.6 Å². The van der Waals surface area contributed by atoms with Crippen LogP contribution in [0.5, 0.6) is 0 Å². The van der Waals surface area contributed by atoms with Crippen molar-refractivity contribution in [2.75, 3.05) is 59.8 Å². The minimum absolute atomic E-state index is 0.0727. The highest BCUT2D eigenvalue weighted by molar-refractivity contribution is 4.49.